The fourth-order valence-corrected chi connectivity index (χ4v) is 6.69. The maximum absolute atomic E-state index is 13.2. The molecule has 1 fully saturated rings. The second kappa shape index (κ2) is 8.51. The lowest BCUT2D eigenvalue weighted by molar-refractivity contribution is -0.117. The van der Waals surface area contributed by atoms with Crippen molar-refractivity contribution in [2.24, 2.45) is 0 Å². The maximum Gasteiger partial charge on any atom is 0.341 e. The highest BCUT2D eigenvalue weighted by atomic mass is 32.2. The Labute approximate surface area is 185 Å². The Hall–Kier alpha value is -2.59. The largest absolute Gasteiger partial charge is 0.495 e. The van der Waals surface area contributed by atoms with Crippen LogP contribution in [0.4, 0.5) is 10.7 Å². The maximum atomic E-state index is 13.2. The van der Waals surface area contributed by atoms with E-state index >= 15 is 0 Å². The van der Waals surface area contributed by atoms with E-state index in [9.17, 15) is 18.0 Å². The van der Waals surface area contributed by atoms with Crippen molar-refractivity contribution in [3.8, 4) is 5.75 Å². The van der Waals surface area contributed by atoms with Gasteiger partial charge in [0.1, 0.15) is 10.8 Å². The van der Waals surface area contributed by atoms with E-state index in [-0.39, 0.29) is 15.8 Å². The van der Waals surface area contributed by atoms with Gasteiger partial charge >= 0.3 is 5.97 Å². The Morgan fingerprint density at radius 1 is 1.13 bits per heavy atom. The van der Waals surface area contributed by atoms with Crippen molar-refractivity contribution in [2.75, 3.05) is 30.4 Å². The summed E-state index contributed by atoms with van der Waals surface area (Å²) in [5.41, 5.74) is 1.60. The molecule has 1 amide bonds. The van der Waals surface area contributed by atoms with Crippen LogP contribution < -0.4 is 14.4 Å². The molecule has 1 N–H and O–H groups in total. The second-order valence-electron chi connectivity index (χ2n) is 7.49. The highest BCUT2D eigenvalue weighted by Crippen LogP contribution is 2.40. The predicted molar refractivity (Wildman–Crippen MR) is 118 cm³/mol. The van der Waals surface area contributed by atoms with E-state index in [1.807, 2.05) is 0 Å². The number of fused-ring (bicyclic) bond motifs is 1. The molecule has 0 radical (unpaired) electrons. The van der Waals surface area contributed by atoms with Crippen LogP contribution in [0.15, 0.2) is 23.1 Å². The first-order chi connectivity index (χ1) is 14.9. The van der Waals surface area contributed by atoms with E-state index in [0.29, 0.717) is 36.4 Å². The number of carbonyl (C=O) groups is 2. The summed E-state index contributed by atoms with van der Waals surface area (Å²) >= 11 is 1.28. The Morgan fingerprint density at radius 2 is 1.90 bits per heavy atom. The fraction of sp³-hybridized carbons (Fsp3) is 0.429. The third-order valence-corrected chi connectivity index (χ3v) is 8.30. The lowest BCUT2D eigenvalue weighted by atomic mass is 9.95. The van der Waals surface area contributed by atoms with Crippen LogP contribution in [-0.4, -0.2) is 41.1 Å². The van der Waals surface area contributed by atoms with E-state index in [4.69, 9.17) is 9.47 Å². The first-order valence-electron chi connectivity index (χ1n) is 10.1. The topological polar surface area (TPSA) is 102 Å². The SMILES string of the molecule is COC(=O)c1c(NS(=O)(=O)c2ccc(OC)c(N3CCCC3=O)c2)sc2c1CCCC2. The molecule has 0 spiro atoms. The Balaban J connectivity index is 1.73. The van der Waals surface area contributed by atoms with Crippen molar-refractivity contribution in [1.29, 1.82) is 0 Å². The zero-order valence-corrected chi connectivity index (χ0v) is 19.0. The van der Waals surface area contributed by atoms with Gasteiger partial charge in [0.25, 0.3) is 10.0 Å². The number of hydrogen-bond donors (Lipinski definition) is 1. The van der Waals surface area contributed by atoms with Crippen LogP contribution in [0.2, 0.25) is 0 Å². The smallest absolute Gasteiger partial charge is 0.341 e. The van der Waals surface area contributed by atoms with Gasteiger partial charge in [-0.05, 0) is 55.9 Å². The lowest BCUT2D eigenvalue weighted by Gasteiger charge is -2.20. The van der Waals surface area contributed by atoms with E-state index in [1.165, 1.54) is 43.8 Å². The average Bonchev–Trinajstić information content (AvgIpc) is 3.35. The van der Waals surface area contributed by atoms with Crippen LogP contribution in [0.5, 0.6) is 5.75 Å². The molecule has 166 valence electrons. The summed E-state index contributed by atoms with van der Waals surface area (Å²) in [4.78, 5) is 27.2. The molecule has 2 aliphatic rings. The zero-order chi connectivity index (χ0) is 22.2. The highest BCUT2D eigenvalue weighted by molar-refractivity contribution is 7.93. The van der Waals surface area contributed by atoms with Crippen LogP contribution in [-0.2, 0) is 32.4 Å². The minimum atomic E-state index is -4.01. The summed E-state index contributed by atoms with van der Waals surface area (Å²) < 4.78 is 39.3. The van der Waals surface area contributed by atoms with Crippen molar-refractivity contribution in [3.63, 3.8) is 0 Å². The van der Waals surface area contributed by atoms with Crippen molar-refractivity contribution in [3.05, 3.63) is 34.2 Å². The van der Waals surface area contributed by atoms with E-state index in [1.54, 1.807) is 4.90 Å². The molecular weight excluding hydrogens is 440 g/mol. The highest BCUT2D eigenvalue weighted by Gasteiger charge is 2.30. The molecule has 1 aromatic heterocycles. The van der Waals surface area contributed by atoms with Gasteiger partial charge in [-0.15, -0.1) is 11.3 Å². The number of thiophene rings is 1. The molecule has 1 aliphatic heterocycles. The fourth-order valence-electron chi connectivity index (χ4n) is 4.09. The third kappa shape index (κ3) is 4.01. The molecule has 0 bridgehead atoms. The lowest BCUT2D eigenvalue weighted by Crippen LogP contribution is -2.25. The Kier molecular flexibility index (Phi) is 5.94. The van der Waals surface area contributed by atoms with Crippen LogP contribution >= 0.6 is 11.3 Å². The van der Waals surface area contributed by atoms with Crippen molar-refractivity contribution >= 4 is 43.9 Å². The number of methoxy groups -OCH3 is 2. The predicted octanol–water partition coefficient (Wildman–Crippen LogP) is 3.35. The van der Waals surface area contributed by atoms with Gasteiger partial charge in [0.05, 0.1) is 30.4 Å². The molecule has 0 atom stereocenters. The number of nitrogens with one attached hydrogen (secondary N) is 1. The summed E-state index contributed by atoms with van der Waals surface area (Å²) in [6.07, 6.45) is 4.62. The first kappa shape index (κ1) is 21.6. The minimum Gasteiger partial charge on any atom is -0.495 e. The van der Waals surface area contributed by atoms with Crippen LogP contribution in [0.3, 0.4) is 0 Å². The number of carbonyl (C=O) groups excluding carboxylic acids is 2. The number of esters is 1. The number of anilines is 2. The second-order valence-corrected chi connectivity index (χ2v) is 10.3. The average molecular weight is 465 g/mol. The number of benzene rings is 1. The van der Waals surface area contributed by atoms with Crippen molar-refractivity contribution in [1.82, 2.24) is 0 Å². The first-order valence-corrected chi connectivity index (χ1v) is 12.4. The normalized spacial score (nSPS) is 16.2. The summed E-state index contributed by atoms with van der Waals surface area (Å²) in [5, 5.41) is 0.272. The summed E-state index contributed by atoms with van der Waals surface area (Å²) in [5.74, 6) is -0.189. The number of ether oxygens (including phenoxy) is 2. The van der Waals surface area contributed by atoms with Gasteiger partial charge in [0, 0.05) is 17.8 Å². The number of hydrogen-bond acceptors (Lipinski definition) is 7. The van der Waals surface area contributed by atoms with Gasteiger partial charge in [-0.1, -0.05) is 0 Å². The summed E-state index contributed by atoms with van der Waals surface area (Å²) in [7, 11) is -1.25. The summed E-state index contributed by atoms with van der Waals surface area (Å²) in [6, 6.07) is 4.41. The van der Waals surface area contributed by atoms with Gasteiger partial charge in [0.2, 0.25) is 5.91 Å². The zero-order valence-electron chi connectivity index (χ0n) is 17.4. The minimum absolute atomic E-state index is 0.00909. The van der Waals surface area contributed by atoms with Crippen LogP contribution in [0, 0.1) is 0 Å². The molecular formula is C21H24N2O6S2. The van der Waals surface area contributed by atoms with E-state index in [0.717, 1.165) is 36.1 Å². The molecule has 2 heterocycles. The van der Waals surface area contributed by atoms with Crippen LogP contribution in [0.25, 0.3) is 0 Å². The van der Waals surface area contributed by atoms with E-state index in [2.05, 4.69) is 4.72 Å². The summed E-state index contributed by atoms with van der Waals surface area (Å²) in [6.45, 7) is 0.510. The monoisotopic (exact) mass is 464 g/mol. The molecule has 1 saturated heterocycles. The molecule has 1 aliphatic carbocycles. The third-order valence-electron chi connectivity index (χ3n) is 5.61. The standard InChI is InChI=1S/C21H24N2O6S2/c1-28-16-10-9-13(12-15(16)23-11-5-8-18(23)24)31(26,27)22-20-19(21(25)29-2)14-6-3-4-7-17(14)30-20/h9-10,12,22H,3-8,11H2,1-2H3. The van der Waals surface area contributed by atoms with Gasteiger partial charge in [-0.2, -0.15) is 0 Å². The number of aryl methyl sites for hydroxylation is 1. The van der Waals surface area contributed by atoms with E-state index < -0.39 is 16.0 Å². The number of amides is 1. The van der Waals surface area contributed by atoms with Crippen molar-refractivity contribution in [2.45, 2.75) is 43.4 Å². The molecule has 31 heavy (non-hydrogen) atoms. The number of rotatable bonds is 6. The molecule has 0 unspecified atom stereocenters. The van der Waals surface area contributed by atoms with Crippen molar-refractivity contribution < 1.29 is 27.5 Å². The molecule has 2 aromatic rings. The quantitative estimate of drug-likeness (QED) is 0.658. The molecule has 10 heteroatoms. The van der Waals surface area contributed by atoms with Gasteiger partial charge < -0.3 is 14.4 Å². The Bertz CT molecular complexity index is 1140. The van der Waals surface area contributed by atoms with Gasteiger partial charge in [0.15, 0.2) is 0 Å². The van der Waals surface area contributed by atoms with Crippen LogP contribution in [0.1, 0.15) is 46.5 Å². The molecule has 0 saturated carbocycles. The Morgan fingerprint density at radius 3 is 2.58 bits per heavy atom. The molecule has 8 nitrogen and oxygen atoms in total. The van der Waals surface area contributed by atoms with Gasteiger partial charge in [-0.3, -0.25) is 9.52 Å². The number of nitrogens with zero attached hydrogens (tertiary/aromatic N) is 1. The molecule has 4 rings (SSSR count). The number of sulfonamides is 1. The molecule has 1 aromatic carbocycles. The van der Waals surface area contributed by atoms with Gasteiger partial charge in [-0.25, -0.2) is 13.2 Å².